The van der Waals surface area contributed by atoms with Crippen molar-refractivity contribution in [2.45, 2.75) is 31.3 Å². The lowest BCUT2D eigenvalue weighted by Crippen LogP contribution is -2.39. The van der Waals surface area contributed by atoms with Crippen molar-refractivity contribution in [2.75, 3.05) is 19.7 Å². The van der Waals surface area contributed by atoms with Crippen LogP contribution in [0.5, 0.6) is 0 Å². The molecule has 74 valence electrons. The number of carbonyl (C=O) groups excluding carboxylic acids is 1. The predicted molar refractivity (Wildman–Crippen MR) is 48.2 cm³/mol. The molecule has 4 heteroatoms. The fourth-order valence-corrected chi connectivity index (χ4v) is 2.45. The smallest absolute Gasteiger partial charge is 0.221 e. The van der Waals surface area contributed by atoms with Crippen LogP contribution >= 0.6 is 0 Å². The fraction of sp³-hybridized carbons (Fsp3) is 0.889. The first-order valence-electron chi connectivity index (χ1n) is 4.94. The molecule has 2 bridgehead atoms. The summed E-state index contributed by atoms with van der Waals surface area (Å²) in [6.45, 7) is 1.67. The summed E-state index contributed by atoms with van der Waals surface area (Å²) < 4.78 is 0. The van der Waals surface area contributed by atoms with Gasteiger partial charge in [0.1, 0.15) is 0 Å². The molecule has 4 nitrogen and oxygen atoms in total. The van der Waals surface area contributed by atoms with Gasteiger partial charge < -0.3 is 10.4 Å². The Morgan fingerprint density at radius 3 is 3.00 bits per heavy atom. The van der Waals surface area contributed by atoms with Crippen molar-refractivity contribution in [3.63, 3.8) is 0 Å². The van der Waals surface area contributed by atoms with E-state index in [0.717, 1.165) is 19.4 Å². The van der Waals surface area contributed by atoms with E-state index in [1.807, 2.05) is 0 Å². The highest BCUT2D eigenvalue weighted by molar-refractivity contribution is 5.77. The lowest BCUT2D eigenvalue weighted by molar-refractivity contribution is -0.121. The molecule has 1 amide bonds. The number of aliphatic hydroxyl groups is 1. The standard InChI is InChI=1S/C9H16N2O2/c12-4-3-11-7-1-2-8(11)6-10-9(13)5-7/h7-8,12H,1-6H2,(H,10,13)/t7-,8+/m1/s1. The lowest BCUT2D eigenvalue weighted by atomic mass is 10.1. The minimum atomic E-state index is 0.162. The average Bonchev–Trinajstić information content (AvgIpc) is 2.37. The molecule has 2 aliphatic heterocycles. The SMILES string of the molecule is O=C1C[C@H]2CC[C@@H](CN1)N2CCO. The summed E-state index contributed by atoms with van der Waals surface area (Å²) in [7, 11) is 0. The van der Waals surface area contributed by atoms with Crippen molar-refractivity contribution in [2.24, 2.45) is 0 Å². The fourth-order valence-electron chi connectivity index (χ4n) is 2.45. The van der Waals surface area contributed by atoms with E-state index in [1.165, 1.54) is 0 Å². The third-order valence-electron chi connectivity index (χ3n) is 3.09. The van der Waals surface area contributed by atoms with Gasteiger partial charge in [-0.25, -0.2) is 0 Å². The predicted octanol–water partition coefficient (Wildman–Crippen LogP) is -0.668. The van der Waals surface area contributed by atoms with Gasteiger partial charge >= 0.3 is 0 Å². The number of nitrogens with zero attached hydrogens (tertiary/aromatic N) is 1. The molecule has 2 atom stereocenters. The molecule has 2 saturated heterocycles. The van der Waals surface area contributed by atoms with Gasteiger partial charge in [0.25, 0.3) is 0 Å². The van der Waals surface area contributed by atoms with E-state index < -0.39 is 0 Å². The third-order valence-corrected chi connectivity index (χ3v) is 3.09. The number of carbonyl (C=O) groups is 1. The Morgan fingerprint density at radius 1 is 1.46 bits per heavy atom. The van der Waals surface area contributed by atoms with E-state index in [0.29, 0.717) is 25.0 Å². The van der Waals surface area contributed by atoms with Crippen LogP contribution in [0.3, 0.4) is 0 Å². The van der Waals surface area contributed by atoms with Crippen LogP contribution in [0.1, 0.15) is 19.3 Å². The molecule has 2 rings (SSSR count). The summed E-state index contributed by atoms with van der Waals surface area (Å²) in [6, 6.07) is 0.836. The van der Waals surface area contributed by atoms with Crippen molar-refractivity contribution in [3.05, 3.63) is 0 Å². The molecule has 0 aliphatic carbocycles. The van der Waals surface area contributed by atoms with E-state index >= 15 is 0 Å². The molecule has 0 unspecified atom stereocenters. The summed E-state index contributed by atoms with van der Waals surface area (Å²) >= 11 is 0. The Balaban J connectivity index is 2.06. The Labute approximate surface area is 77.9 Å². The Morgan fingerprint density at radius 2 is 2.23 bits per heavy atom. The monoisotopic (exact) mass is 184 g/mol. The van der Waals surface area contributed by atoms with Crippen molar-refractivity contribution in [1.29, 1.82) is 0 Å². The van der Waals surface area contributed by atoms with Crippen LogP contribution in [0.2, 0.25) is 0 Å². The van der Waals surface area contributed by atoms with Gasteiger partial charge in [0.15, 0.2) is 0 Å². The summed E-state index contributed by atoms with van der Waals surface area (Å²) in [5.41, 5.74) is 0. The van der Waals surface area contributed by atoms with Crippen molar-refractivity contribution in [1.82, 2.24) is 10.2 Å². The number of aliphatic hydroxyl groups excluding tert-OH is 1. The van der Waals surface area contributed by atoms with Gasteiger partial charge in [-0.05, 0) is 12.8 Å². The second-order valence-corrected chi connectivity index (χ2v) is 3.85. The molecule has 0 saturated carbocycles. The number of rotatable bonds is 2. The number of fused-ring (bicyclic) bond motifs is 2. The molecule has 0 aromatic carbocycles. The molecular weight excluding hydrogens is 168 g/mol. The van der Waals surface area contributed by atoms with Crippen LogP contribution < -0.4 is 5.32 Å². The van der Waals surface area contributed by atoms with E-state index in [-0.39, 0.29) is 12.5 Å². The van der Waals surface area contributed by atoms with Crippen molar-refractivity contribution >= 4 is 5.91 Å². The first-order valence-corrected chi connectivity index (χ1v) is 4.94. The molecule has 2 aliphatic rings. The highest BCUT2D eigenvalue weighted by Gasteiger charge is 2.36. The normalized spacial score (nSPS) is 34.4. The van der Waals surface area contributed by atoms with Crippen LogP contribution in [0, 0.1) is 0 Å². The molecule has 2 heterocycles. The minimum Gasteiger partial charge on any atom is -0.395 e. The molecule has 0 spiro atoms. The molecule has 0 aromatic heterocycles. The Kier molecular flexibility index (Phi) is 2.51. The first-order chi connectivity index (χ1) is 6.31. The average molecular weight is 184 g/mol. The van der Waals surface area contributed by atoms with Crippen molar-refractivity contribution in [3.8, 4) is 0 Å². The van der Waals surface area contributed by atoms with Gasteiger partial charge in [-0.1, -0.05) is 0 Å². The summed E-state index contributed by atoms with van der Waals surface area (Å²) in [6.07, 6.45) is 2.87. The third kappa shape index (κ3) is 1.69. The second-order valence-electron chi connectivity index (χ2n) is 3.85. The minimum absolute atomic E-state index is 0.162. The summed E-state index contributed by atoms with van der Waals surface area (Å²) in [5, 5.41) is 11.8. The van der Waals surface area contributed by atoms with Gasteiger partial charge in [0, 0.05) is 31.6 Å². The highest BCUT2D eigenvalue weighted by atomic mass is 16.3. The Hall–Kier alpha value is -0.610. The zero-order valence-corrected chi connectivity index (χ0v) is 7.70. The molecule has 2 N–H and O–H groups in total. The number of hydrogen-bond donors (Lipinski definition) is 2. The van der Waals surface area contributed by atoms with Gasteiger partial charge in [-0.15, -0.1) is 0 Å². The molecule has 0 radical (unpaired) electrons. The zero-order valence-electron chi connectivity index (χ0n) is 7.70. The number of nitrogens with one attached hydrogen (secondary N) is 1. The first kappa shape index (κ1) is 8.97. The van der Waals surface area contributed by atoms with Crippen LogP contribution in [-0.4, -0.2) is 47.7 Å². The molecule has 2 fully saturated rings. The topological polar surface area (TPSA) is 52.6 Å². The number of amides is 1. The number of hydrogen-bond acceptors (Lipinski definition) is 3. The molecule has 0 aromatic rings. The largest absolute Gasteiger partial charge is 0.395 e. The molecule has 13 heavy (non-hydrogen) atoms. The maximum absolute atomic E-state index is 11.2. The van der Waals surface area contributed by atoms with Gasteiger partial charge in [-0.3, -0.25) is 9.69 Å². The van der Waals surface area contributed by atoms with Crippen LogP contribution in [0.25, 0.3) is 0 Å². The van der Waals surface area contributed by atoms with Crippen molar-refractivity contribution < 1.29 is 9.90 Å². The maximum Gasteiger partial charge on any atom is 0.221 e. The van der Waals surface area contributed by atoms with Gasteiger partial charge in [0.2, 0.25) is 5.91 Å². The van der Waals surface area contributed by atoms with E-state index in [1.54, 1.807) is 0 Å². The van der Waals surface area contributed by atoms with Crippen LogP contribution in [0.15, 0.2) is 0 Å². The zero-order chi connectivity index (χ0) is 9.26. The maximum atomic E-state index is 11.2. The van der Waals surface area contributed by atoms with E-state index in [2.05, 4.69) is 10.2 Å². The Bertz CT molecular complexity index is 208. The van der Waals surface area contributed by atoms with E-state index in [9.17, 15) is 4.79 Å². The van der Waals surface area contributed by atoms with Crippen LogP contribution in [0.4, 0.5) is 0 Å². The van der Waals surface area contributed by atoms with Gasteiger partial charge in [0.05, 0.1) is 6.61 Å². The summed E-state index contributed by atoms with van der Waals surface area (Å²) in [4.78, 5) is 13.5. The van der Waals surface area contributed by atoms with E-state index in [4.69, 9.17) is 5.11 Å². The highest BCUT2D eigenvalue weighted by Crippen LogP contribution is 2.27. The lowest BCUT2D eigenvalue weighted by Gasteiger charge is -2.25. The van der Waals surface area contributed by atoms with Crippen LogP contribution in [-0.2, 0) is 4.79 Å². The quantitative estimate of drug-likeness (QED) is 0.598. The summed E-state index contributed by atoms with van der Waals surface area (Å²) in [5.74, 6) is 0.162. The molecular formula is C9H16N2O2. The second kappa shape index (κ2) is 3.64. The van der Waals surface area contributed by atoms with Gasteiger partial charge in [-0.2, -0.15) is 0 Å².